The Bertz CT molecular complexity index is 1680. The van der Waals surface area contributed by atoms with E-state index in [1.54, 1.807) is 0 Å². The molecule has 0 bridgehead atoms. The normalized spacial score (nSPS) is 23.4. The molecule has 8 nitrogen and oxygen atoms in total. The van der Waals surface area contributed by atoms with Crippen molar-refractivity contribution in [2.75, 3.05) is 0 Å². The van der Waals surface area contributed by atoms with Crippen LogP contribution in [0.4, 0.5) is 0 Å². The number of carboxylic acids is 1. The van der Waals surface area contributed by atoms with Crippen molar-refractivity contribution >= 4 is 23.7 Å². The fourth-order valence-corrected chi connectivity index (χ4v) is 22.0. The summed E-state index contributed by atoms with van der Waals surface area (Å²) in [5.74, 6) is 0.251. The van der Waals surface area contributed by atoms with Crippen LogP contribution in [-0.4, -0.2) is 96.6 Å². The molecule has 9 rings (SSSR count). The second-order valence-corrected chi connectivity index (χ2v) is 31.5. The van der Waals surface area contributed by atoms with Crippen LogP contribution in [0, 0.1) is 5.92 Å². The Morgan fingerprint density at radius 1 is 0.299 bits per heavy atom. The number of unbranched alkanes of at least 4 members (excludes halogenated alkanes) is 14. The predicted octanol–water partition coefficient (Wildman–Crippen LogP) is 18.9. The fourth-order valence-electron chi connectivity index (χ4n) is 22.0. The van der Waals surface area contributed by atoms with Crippen molar-refractivity contribution in [3.63, 3.8) is 0 Å². The molecule has 0 saturated heterocycles. The van der Waals surface area contributed by atoms with Crippen LogP contribution in [0.25, 0.3) is 0 Å². The number of quaternary nitrogens is 3. The molecule has 9 heteroatoms. The second kappa shape index (κ2) is 41.1. The molecule has 87 heavy (non-hydrogen) atoms. The Kier molecular flexibility index (Phi) is 35.1. The molecule has 9 aliphatic carbocycles. The fraction of sp³-hybridized carbons (Fsp3) is 0.949. The molecule has 1 N–H and O–H groups in total. The summed E-state index contributed by atoms with van der Waals surface area (Å²) in [7, 11) is 0. The number of carbonyl (C=O) groups is 4. The maximum absolute atomic E-state index is 17.5. The molecule has 0 unspecified atom stereocenters. The molecule has 3 amide bonds. The number of aliphatic carboxylic acids is 1. The number of nitrogens with zero attached hydrogens (tertiary/aromatic N) is 3. The number of hydrogen-bond donors (Lipinski definition) is 1. The molecule has 9 fully saturated rings. The average Bonchev–Trinajstić information content (AvgIpc) is 0.790. The maximum atomic E-state index is 17.5. The molecule has 0 radical (unpaired) electrons. The van der Waals surface area contributed by atoms with Gasteiger partial charge in [0.15, 0.2) is 0 Å². The molecule has 0 aromatic carbocycles. The summed E-state index contributed by atoms with van der Waals surface area (Å²) in [6.07, 6.45) is 76.5. The number of rotatable bonds is 30. The van der Waals surface area contributed by atoms with Crippen molar-refractivity contribution in [1.29, 1.82) is 0 Å². The molecule has 496 valence electrons. The molecule has 0 aromatic heterocycles. The quantitative estimate of drug-likeness (QED) is 0.0440. The van der Waals surface area contributed by atoms with Gasteiger partial charge in [0.1, 0.15) is 0 Å². The minimum absolute atomic E-state index is 0. The summed E-state index contributed by atoms with van der Waals surface area (Å²) in [5, 5.41) is 8.52. The molecule has 0 aromatic rings. The van der Waals surface area contributed by atoms with Crippen LogP contribution in [-0.2, 0) is 19.2 Å². The van der Waals surface area contributed by atoms with Crippen molar-refractivity contribution in [2.45, 2.75) is 466 Å². The molecular formula is C78H141KN3O5+3. The van der Waals surface area contributed by atoms with Gasteiger partial charge in [0.2, 0.25) is 0 Å². The van der Waals surface area contributed by atoms with Crippen LogP contribution in [0.1, 0.15) is 413 Å². The van der Waals surface area contributed by atoms with Gasteiger partial charge in [0.05, 0.1) is 73.1 Å². The van der Waals surface area contributed by atoms with E-state index in [0.717, 1.165) is 21.8 Å². The van der Waals surface area contributed by atoms with E-state index < -0.39 is 11.9 Å². The van der Waals surface area contributed by atoms with Crippen molar-refractivity contribution in [2.24, 2.45) is 5.92 Å². The number of carboxylic acid groups (broad SMARTS) is 1. The first-order valence-corrected chi connectivity index (χ1v) is 39.8. The maximum Gasteiger partial charge on any atom is 1.00 e. The van der Waals surface area contributed by atoms with E-state index >= 15 is 14.4 Å². The van der Waals surface area contributed by atoms with Crippen LogP contribution in [0.3, 0.4) is 0 Å². The summed E-state index contributed by atoms with van der Waals surface area (Å²) in [5.41, 5.74) is 0. The molecule has 0 spiro atoms. The van der Waals surface area contributed by atoms with Gasteiger partial charge >= 0.3 is 75.1 Å². The third-order valence-electron chi connectivity index (χ3n) is 26.0. The van der Waals surface area contributed by atoms with Crippen molar-refractivity contribution in [3.05, 3.63) is 0 Å². The number of carbonyl (C=O) groups excluding carboxylic acids is 3. The third kappa shape index (κ3) is 20.3. The first kappa shape index (κ1) is 74.4. The Morgan fingerprint density at radius 2 is 0.483 bits per heavy atom. The van der Waals surface area contributed by atoms with Gasteiger partial charge in [0, 0.05) is 6.42 Å². The van der Waals surface area contributed by atoms with Crippen LogP contribution in [0.5, 0.6) is 0 Å². The standard InChI is InChI=1S/C60H104N3O3.C18H36O2.K.H/c64-58(61(49-28-10-1-11-29-49,50-30-12-2-13-31-50)51-32-14-3-15-33-51)46-48(60(66)63(55-40-22-7-23-41-55,56-42-24-8-25-43-56)57-44-26-9-27-45-57)47-59(65)62(52-34-16-4-17-35-52,53-36-18-5-19-37-53)54-38-20-6-21-39-54;1-2-3-4-5-6-7-8-9-10-11-12-13-14-15-16-17-18(19)20;;/h48-57H,1-47H2;2-17H2,1H3,(H,19,20);;/q+3;;+1;-1. The predicted molar refractivity (Wildman–Crippen MR) is 359 cm³/mol. The Balaban J connectivity index is 0.000000484. The van der Waals surface area contributed by atoms with E-state index in [4.69, 9.17) is 5.11 Å². The first-order valence-electron chi connectivity index (χ1n) is 39.8. The minimum Gasteiger partial charge on any atom is -1.00 e. The van der Waals surface area contributed by atoms with E-state index in [2.05, 4.69) is 6.92 Å². The second-order valence-electron chi connectivity index (χ2n) is 31.5. The van der Waals surface area contributed by atoms with Crippen LogP contribution < -0.4 is 51.4 Å². The molecule has 0 atom stereocenters. The van der Waals surface area contributed by atoms with Gasteiger partial charge in [-0.3, -0.25) is 18.2 Å². The van der Waals surface area contributed by atoms with E-state index in [9.17, 15) is 4.79 Å². The largest absolute Gasteiger partial charge is 1.00 e. The minimum atomic E-state index is -0.653. The Labute approximate surface area is 581 Å². The van der Waals surface area contributed by atoms with Gasteiger partial charge in [-0.25, -0.2) is 14.4 Å². The van der Waals surface area contributed by atoms with E-state index in [0.29, 0.717) is 95.8 Å². The molecule has 9 aliphatic rings. The van der Waals surface area contributed by atoms with Gasteiger partial charge in [-0.05, 0) is 238 Å². The first-order chi connectivity index (χ1) is 42.3. The summed E-state index contributed by atoms with van der Waals surface area (Å²) in [6.45, 7) is 2.27. The SMILES string of the molecule is CCCCCCCCCCCCCCCCCC(=O)O.O=C(CC(CC(=O)[N+](C1CCCCC1)(C1CCCCC1)C1CCCCC1)C(=O)[N+](C1CCCCC1)(C1CCCCC1)C1CCCCC1)[N+](C1CCCCC1)(C1CCCCC1)C1CCCCC1.[H-].[K+]. The Morgan fingerprint density at radius 3 is 0.678 bits per heavy atom. The molecule has 0 heterocycles. The van der Waals surface area contributed by atoms with Crippen molar-refractivity contribution in [1.82, 2.24) is 0 Å². The number of amides is 3. The molecule has 9 saturated carbocycles. The van der Waals surface area contributed by atoms with Gasteiger partial charge in [-0.15, -0.1) is 0 Å². The third-order valence-corrected chi connectivity index (χ3v) is 26.0. The molecular weight excluding hydrogens is 1100 g/mol. The van der Waals surface area contributed by atoms with E-state index in [1.165, 1.54) is 372 Å². The van der Waals surface area contributed by atoms with Gasteiger partial charge in [-0.1, -0.05) is 155 Å². The van der Waals surface area contributed by atoms with Crippen LogP contribution in [0.15, 0.2) is 0 Å². The monoisotopic (exact) mass is 1240 g/mol. The zero-order valence-electron chi connectivity index (χ0n) is 58.7. The molecule has 0 aliphatic heterocycles. The summed E-state index contributed by atoms with van der Waals surface area (Å²) < 4.78 is 2.14. The van der Waals surface area contributed by atoms with E-state index in [1.807, 2.05) is 0 Å². The van der Waals surface area contributed by atoms with Crippen LogP contribution in [0.2, 0.25) is 0 Å². The summed E-state index contributed by atoms with van der Waals surface area (Å²) >= 11 is 0. The Hall–Kier alpha value is -0.00364. The zero-order valence-corrected chi connectivity index (χ0v) is 60.9. The zero-order chi connectivity index (χ0) is 60.1. The van der Waals surface area contributed by atoms with Gasteiger partial charge < -0.3 is 6.53 Å². The van der Waals surface area contributed by atoms with Crippen molar-refractivity contribution < 1.29 is 90.5 Å². The van der Waals surface area contributed by atoms with Crippen molar-refractivity contribution in [3.8, 4) is 0 Å². The van der Waals surface area contributed by atoms with Gasteiger partial charge in [0.25, 0.3) is 0 Å². The summed E-state index contributed by atoms with van der Waals surface area (Å²) in [6, 6.07) is 3.52. The van der Waals surface area contributed by atoms with Crippen LogP contribution >= 0.6 is 0 Å². The van der Waals surface area contributed by atoms with E-state index in [-0.39, 0.29) is 52.8 Å². The number of hydrogen-bond acceptors (Lipinski definition) is 4. The topological polar surface area (TPSA) is 88.5 Å². The smallest absolute Gasteiger partial charge is 1.00 e. The van der Waals surface area contributed by atoms with Gasteiger partial charge in [-0.2, -0.15) is 0 Å². The average molecular weight is 1240 g/mol. The summed E-state index contributed by atoms with van der Waals surface area (Å²) in [4.78, 5) is 61.8.